The van der Waals surface area contributed by atoms with Crippen LogP contribution in [-0.2, 0) is 16.0 Å². The number of carbonyl (C=O) groups excluding carboxylic acids is 1. The van der Waals surface area contributed by atoms with Crippen molar-refractivity contribution in [1.82, 2.24) is 0 Å². The number of amides is 1. The van der Waals surface area contributed by atoms with Crippen LogP contribution in [0.1, 0.15) is 23.5 Å². The molecule has 0 aliphatic rings. The Morgan fingerprint density at radius 3 is 2.44 bits per heavy atom. The van der Waals surface area contributed by atoms with E-state index in [0.29, 0.717) is 5.88 Å². The zero-order chi connectivity index (χ0) is 22.5. The molecule has 4 aromatic rings. The average Bonchev–Trinajstić information content (AvgIpc) is 3.43. The molecule has 4 rings (SSSR count). The lowest BCUT2D eigenvalue weighted by molar-refractivity contribution is -0.136. The van der Waals surface area contributed by atoms with Crippen molar-refractivity contribution in [3.8, 4) is 21.6 Å². The van der Waals surface area contributed by atoms with Crippen LogP contribution in [0.2, 0.25) is 0 Å². The number of furan rings is 1. The van der Waals surface area contributed by atoms with Crippen molar-refractivity contribution in [2.45, 2.75) is 19.4 Å². The standard InChI is InChI=1S/C25H21NO5S/c1-16(17-5-3-2-4-6-17)31-25(29)26-24-21(13-14-30-24)18-7-9-19(10-8-18)22-12-11-20(32-22)15-23(27)28/h2-14,16H,15H2,1H3,(H,26,29)(H,27,28). The third-order valence-corrected chi connectivity index (χ3v) is 6.04. The maximum absolute atomic E-state index is 12.4. The van der Waals surface area contributed by atoms with Crippen LogP contribution in [0.25, 0.3) is 21.6 Å². The SMILES string of the molecule is CC(OC(=O)Nc1occc1-c1ccc(-c2ccc(CC(=O)O)s2)cc1)c1ccccc1. The van der Waals surface area contributed by atoms with Crippen molar-refractivity contribution in [3.63, 3.8) is 0 Å². The molecular weight excluding hydrogens is 426 g/mol. The summed E-state index contributed by atoms with van der Waals surface area (Å²) in [7, 11) is 0. The van der Waals surface area contributed by atoms with Gasteiger partial charge < -0.3 is 14.3 Å². The molecule has 1 atom stereocenters. The lowest BCUT2D eigenvalue weighted by Crippen LogP contribution is -2.16. The number of hydrogen-bond donors (Lipinski definition) is 2. The predicted octanol–water partition coefficient (Wildman–Crippen LogP) is 6.61. The Bertz CT molecular complexity index is 1210. The first-order valence-corrected chi connectivity index (χ1v) is 10.8. The second-order valence-corrected chi connectivity index (χ2v) is 8.33. The molecule has 1 unspecified atom stereocenters. The number of carboxylic acids is 1. The zero-order valence-electron chi connectivity index (χ0n) is 17.3. The molecule has 1 amide bonds. The molecule has 0 aliphatic carbocycles. The Morgan fingerprint density at radius 2 is 1.72 bits per heavy atom. The van der Waals surface area contributed by atoms with Crippen LogP contribution in [-0.4, -0.2) is 17.2 Å². The largest absolute Gasteiger partial charge is 0.481 e. The van der Waals surface area contributed by atoms with Gasteiger partial charge in [0.1, 0.15) is 6.10 Å². The van der Waals surface area contributed by atoms with Gasteiger partial charge in [-0.2, -0.15) is 0 Å². The molecular formula is C25H21NO5S. The Kier molecular flexibility index (Phi) is 6.37. The molecule has 0 radical (unpaired) electrons. The smallest absolute Gasteiger partial charge is 0.414 e. The highest BCUT2D eigenvalue weighted by Gasteiger charge is 2.16. The number of carbonyl (C=O) groups is 2. The van der Waals surface area contributed by atoms with Crippen LogP contribution in [0, 0.1) is 0 Å². The van der Waals surface area contributed by atoms with Crippen molar-refractivity contribution >= 4 is 29.3 Å². The number of ether oxygens (including phenoxy) is 1. The fraction of sp³-hybridized carbons (Fsp3) is 0.120. The minimum Gasteiger partial charge on any atom is -0.481 e. The van der Waals surface area contributed by atoms with Crippen molar-refractivity contribution in [2.24, 2.45) is 0 Å². The predicted molar refractivity (Wildman–Crippen MR) is 124 cm³/mol. The number of aliphatic carboxylic acids is 1. The lowest BCUT2D eigenvalue weighted by atomic mass is 10.1. The molecule has 2 N–H and O–H groups in total. The second-order valence-electron chi connectivity index (χ2n) is 7.16. The number of hydrogen-bond acceptors (Lipinski definition) is 5. The molecule has 0 saturated carbocycles. The first-order chi connectivity index (χ1) is 15.5. The van der Waals surface area contributed by atoms with Gasteiger partial charge in [0.05, 0.1) is 12.7 Å². The Labute approximate surface area is 189 Å². The quantitative estimate of drug-likeness (QED) is 0.333. The second kappa shape index (κ2) is 9.53. The number of carboxylic acid groups (broad SMARTS) is 1. The molecule has 162 valence electrons. The lowest BCUT2D eigenvalue weighted by Gasteiger charge is -2.14. The highest BCUT2D eigenvalue weighted by Crippen LogP contribution is 2.33. The molecule has 0 aliphatic heterocycles. The summed E-state index contributed by atoms with van der Waals surface area (Å²) in [5, 5.41) is 11.6. The fourth-order valence-electron chi connectivity index (χ4n) is 3.30. The Morgan fingerprint density at radius 1 is 1.00 bits per heavy atom. The number of anilines is 1. The van der Waals surface area contributed by atoms with Crippen molar-refractivity contribution in [3.05, 3.63) is 89.5 Å². The zero-order valence-corrected chi connectivity index (χ0v) is 18.1. The average molecular weight is 448 g/mol. The molecule has 0 fully saturated rings. The van der Waals surface area contributed by atoms with E-state index in [4.69, 9.17) is 14.3 Å². The first kappa shape index (κ1) is 21.4. The third-order valence-electron chi connectivity index (χ3n) is 4.90. The molecule has 0 bridgehead atoms. The summed E-state index contributed by atoms with van der Waals surface area (Å²) >= 11 is 1.46. The number of nitrogens with one attached hydrogen (secondary N) is 1. The summed E-state index contributed by atoms with van der Waals surface area (Å²) in [5.41, 5.74) is 3.50. The van der Waals surface area contributed by atoms with E-state index < -0.39 is 18.2 Å². The summed E-state index contributed by atoms with van der Waals surface area (Å²) in [6.07, 6.45) is 0.535. The van der Waals surface area contributed by atoms with Gasteiger partial charge in [-0.1, -0.05) is 54.6 Å². The highest BCUT2D eigenvalue weighted by atomic mass is 32.1. The van der Waals surface area contributed by atoms with Gasteiger partial charge in [-0.15, -0.1) is 11.3 Å². The van der Waals surface area contributed by atoms with E-state index in [-0.39, 0.29) is 6.42 Å². The normalized spacial score (nSPS) is 11.7. The van der Waals surface area contributed by atoms with Crippen LogP contribution < -0.4 is 5.32 Å². The van der Waals surface area contributed by atoms with Crippen molar-refractivity contribution < 1.29 is 23.8 Å². The molecule has 0 spiro atoms. The molecule has 2 aromatic heterocycles. The van der Waals surface area contributed by atoms with Gasteiger partial charge >= 0.3 is 12.1 Å². The molecule has 32 heavy (non-hydrogen) atoms. The van der Waals surface area contributed by atoms with Gasteiger partial charge in [0.15, 0.2) is 0 Å². The first-order valence-electron chi connectivity index (χ1n) is 10.0. The van der Waals surface area contributed by atoms with Gasteiger partial charge in [-0.05, 0) is 41.8 Å². The molecule has 6 nitrogen and oxygen atoms in total. The molecule has 0 saturated heterocycles. The molecule has 7 heteroatoms. The summed E-state index contributed by atoms with van der Waals surface area (Å²) in [6, 6.07) is 22.8. The van der Waals surface area contributed by atoms with Crippen molar-refractivity contribution in [1.29, 1.82) is 0 Å². The topological polar surface area (TPSA) is 88.8 Å². The molecule has 2 aromatic carbocycles. The van der Waals surface area contributed by atoms with E-state index in [9.17, 15) is 9.59 Å². The van der Waals surface area contributed by atoms with Crippen LogP contribution in [0.15, 0.2) is 83.5 Å². The summed E-state index contributed by atoms with van der Waals surface area (Å²) < 4.78 is 10.9. The van der Waals surface area contributed by atoms with Gasteiger partial charge in [0.2, 0.25) is 5.88 Å². The van der Waals surface area contributed by atoms with Gasteiger partial charge in [0.25, 0.3) is 0 Å². The van der Waals surface area contributed by atoms with Crippen LogP contribution in [0.5, 0.6) is 0 Å². The van der Waals surface area contributed by atoms with Gasteiger partial charge in [0, 0.05) is 15.3 Å². The van der Waals surface area contributed by atoms with E-state index in [1.807, 2.05) is 73.7 Å². The Hall–Kier alpha value is -3.84. The monoisotopic (exact) mass is 447 g/mol. The van der Waals surface area contributed by atoms with Gasteiger partial charge in [-0.3, -0.25) is 10.1 Å². The number of thiophene rings is 1. The maximum Gasteiger partial charge on any atom is 0.414 e. The number of benzene rings is 2. The summed E-state index contributed by atoms with van der Waals surface area (Å²) in [4.78, 5) is 25.1. The van der Waals surface area contributed by atoms with Crippen LogP contribution in [0.3, 0.4) is 0 Å². The van der Waals surface area contributed by atoms with E-state index in [0.717, 1.165) is 32.0 Å². The summed E-state index contributed by atoms with van der Waals surface area (Å²) in [5.74, 6) is -0.534. The minimum absolute atomic E-state index is 0.0196. The number of rotatable bonds is 7. The van der Waals surface area contributed by atoms with E-state index in [1.54, 1.807) is 6.07 Å². The maximum atomic E-state index is 12.4. The molecule has 2 heterocycles. The van der Waals surface area contributed by atoms with E-state index in [1.165, 1.54) is 17.6 Å². The highest BCUT2D eigenvalue weighted by molar-refractivity contribution is 7.15. The Balaban J connectivity index is 1.44. The third kappa shape index (κ3) is 5.07. The van der Waals surface area contributed by atoms with E-state index >= 15 is 0 Å². The van der Waals surface area contributed by atoms with Crippen LogP contribution >= 0.6 is 11.3 Å². The fourth-order valence-corrected chi connectivity index (χ4v) is 4.30. The minimum atomic E-state index is -0.842. The van der Waals surface area contributed by atoms with E-state index in [2.05, 4.69) is 5.32 Å². The summed E-state index contributed by atoms with van der Waals surface area (Å²) in [6.45, 7) is 1.81. The van der Waals surface area contributed by atoms with Crippen LogP contribution in [0.4, 0.5) is 10.7 Å². The van der Waals surface area contributed by atoms with Gasteiger partial charge in [-0.25, -0.2) is 4.79 Å². The van der Waals surface area contributed by atoms with Crippen molar-refractivity contribution in [2.75, 3.05) is 5.32 Å².